The zero-order chi connectivity index (χ0) is 19.3. The largest absolute Gasteiger partial charge is 0.453 e. The van der Waals surface area contributed by atoms with Crippen molar-refractivity contribution in [3.05, 3.63) is 59.2 Å². The minimum Gasteiger partial charge on any atom is -0.453 e. The van der Waals surface area contributed by atoms with Crippen LogP contribution in [0.3, 0.4) is 0 Å². The molecule has 1 aliphatic rings. The summed E-state index contributed by atoms with van der Waals surface area (Å²) in [6, 6.07) is 6.62. The molecule has 137 valence electrons. The maximum absolute atomic E-state index is 14.8. The van der Waals surface area contributed by atoms with E-state index in [4.69, 9.17) is 16.3 Å². The van der Waals surface area contributed by atoms with E-state index in [0.29, 0.717) is 28.3 Å². The Kier molecular flexibility index (Phi) is 3.73. The van der Waals surface area contributed by atoms with Gasteiger partial charge in [0.05, 0.1) is 29.0 Å². The van der Waals surface area contributed by atoms with Crippen LogP contribution in [-0.4, -0.2) is 26.2 Å². The van der Waals surface area contributed by atoms with Gasteiger partial charge in [-0.05, 0) is 31.2 Å². The molecule has 0 aliphatic carbocycles. The Bertz CT molecular complexity index is 1310. The molecule has 0 fully saturated rings. The second kappa shape index (κ2) is 6.28. The molecule has 0 saturated heterocycles. The maximum atomic E-state index is 14.8. The van der Waals surface area contributed by atoms with Gasteiger partial charge >= 0.3 is 0 Å². The zero-order valence-electron chi connectivity index (χ0n) is 14.4. The number of hydrogen-bond donors (Lipinski definition) is 1. The summed E-state index contributed by atoms with van der Waals surface area (Å²) < 4.78 is 20.5. The van der Waals surface area contributed by atoms with Gasteiger partial charge in [-0.3, -0.25) is 0 Å². The van der Waals surface area contributed by atoms with Crippen molar-refractivity contribution < 1.29 is 9.13 Å². The molecule has 0 saturated carbocycles. The van der Waals surface area contributed by atoms with Crippen LogP contribution in [0, 0.1) is 12.7 Å². The van der Waals surface area contributed by atoms with E-state index < -0.39 is 5.82 Å². The number of aromatic nitrogens is 4. The van der Waals surface area contributed by atoms with E-state index in [2.05, 4.69) is 30.5 Å². The third kappa shape index (κ3) is 2.66. The molecule has 28 heavy (non-hydrogen) atoms. The lowest BCUT2D eigenvalue weighted by molar-refractivity contribution is 0.446. The van der Waals surface area contributed by atoms with Gasteiger partial charge in [0.15, 0.2) is 17.4 Å². The molecule has 1 aliphatic heterocycles. The van der Waals surface area contributed by atoms with Crippen LogP contribution in [0.25, 0.3) is 27.5 Å². The second-order valence-corrected chi connectivity index (χ2v) is 6.53. The van der Waals surface area contributed by atoms with Gasteiger partial charge in [-0.2, -0.15) is 10.5 Å². The Morgan fingerprint density at radius 2 is 1.96 bits per heavy atom. The molecule has 2 aromatic carbocycles. The average Bonchev–Trinajstić information content (AvgIpc) is 3.35. The van der Waals surface area contributed by atoms with E-state index >= 15 is 0 Å². The summed E-state index contributed by atoms with van der Waals surface area (Å²) in [5, 5.41) is 4.76. The number of nitrogens with zero attached hydrogens (tertiary/aromatic N) is 5. The molecular formula is C19H11ClFN6O. The van der Waals surface area contributed by atoms with Crippen molar-refractivity contribution in [2.24, 2.45) is 5.10 Å². The van der Waals surface area contributed by atoms with Crippen molar-refractivity contribution in [2.75, 3.05) is 0 Å². The Labute approximate surface area is 162 Å². The van der Waals surface area contributed by atoms with Crippen molar-refractivity contribution in [1.82, 2.24) is 25.4 Å². The molecule has 7 nitrogen and oxygen atoms in total. The molecular weight excluding hydrogens is 383 g/mol. The SMILES string of the molecule is Cc1nc2ccc(Oc3ccc4cnc(C5=C[N]N=C5)nc4c3Cl)c(F)c2[nH]1. The summed E-state index contributed by atoms with van der Waals surface area (Å²) >= 11 is 6.51. The molecule has 5 rings (SSSR count). The summed E-state index contributed by atoms with van der Waals surface area (Å²) in [6.45, 7) is 1.76. The minimum atomic E-state index is -0.536. The first-order chi connectivity index (χ1) is 13.6. The lowest BCUT2D eigenvalue weighted by Gasteiger charge is -2.11. The predicted octanol–water partition coefficient (Wildman–Crippen LogP) is 4.34. The number of aryl methyl sites for hydroxylation is 1. The van der Waals surface area contributed by atoms with E-state index in [1.54, 1.807) is 43.7 Å². The second-order valence-electron chi connectivity index (χ2n) is 6.15. The third-order valence-corrected chi connectivity index (χ3v) is 4.64. The number of imidazole rings is 1. The fourth-order valence-corrected chi connectivity index (χ4v) is 3.20. The topological polar surface area (TPSA) is 90.2 Å². The number of rotatable bonds is 3. The van der Waals surface area contributed by atoms with Crippen molar-refractivity contribution >= 4 is 45.3 Å². The Morgan fingerprint density at radius 1 is 1.11 bits per heavy atom. The molecule has 4 aromatic rings. The van der Waals surface area contributed by atoms with E-state index in [-0.39, 0.29) is 22.0 Å². The van der Waals surface area contributed by atoms with Crippen molar-refractivity contribution in [3.8, 4) is 11.5 Å². The number of aromatic amines is 1. The highest BCUT2D eigenvalue weighted by molar-refractivity contribution is 6.36. The Morgan fingerprint density at radius 3 is 2.79 bits per heavy atom. The first-order valence-electron chi connectivity index (χ1n) is 8.32. The fraction of sp³-hybridized carbons (Fsp3) is 0.0526. The minimum absolute atomic E-state index is 0.0381. The van der Waals surface area contributed by atoms with Crippen LogP contribution in [0.2, 0.25) is 5.02 Å². The van der Waals surface area contributed by atoms with Crippen LogP contribution >= 0.6 is 11.6 Å². The lowest BCUT2D eigenvalue weighted by atomic mass is 10.2. The molecule has 1 radical (unpaired) electrons. The molecule has 0 unspecified atom stereocenters. The summed E-state index contributed by atoms with van der Waals surface area (Å²) in [5.41, 5.74) is 5.75. The van der Waals surface area contributed by atoms with Gasteiger partial charge in [0.2, 0.25) is 0 Å². The van der Waals surface area contributed by atoms with Gasteiger partial charge in [-0.15, -0.1) is 0 Å². The molecule has 1 N–H and O–H groups in total. The van der Waals surface area contributed by atoms with Crippen molar-refractivity contribution in [1.29, 1.82) is 0 Å². The molecule has 0 bridgehead atoms. The van der Waals surface area contributed by atoms with Crippen LogP contribution in [0.5, 0.6) is 11.5 Å². The van der Waals surface area contributed by atoms with E-state index in [1.165, 1.54) is 6.07 Å². The van der Waals surface area contributed by atoms with E-state index in [9.17, 15) is 4.39 Å². The highest BCUT2D eigenvalue weighted by Gasteiger charge is 2.17. The third-order valence-electron chi connectivity index (χ3n) is 4.27. The smallest absolute Gasteiger partial charge is 0.191 e. The number of halogens is 2. The van der Waals surface area contributed by atoms with Crippen LogP contribution in [0.1, 0.15) is 11.6 Å². The molecule has 9 heteroatoms. The maximum Gasteiger partial charge on any atom is 0.191 e. The molecule has 2 aromatic heterocycles. The number of nitrogens with one attached hydrogen (secondary N) is 1. The number of ether oxygens (including phenoxy) is 1. The van der Waals surface area contributed by atoms with Gasteiger partial charge in [0.25, 0.3) is 0 Å². The highest BCUT2D eigenvalue weighted by atomic mass is 35.5. The van der Waals surface area contributed by atoms with Crippen LogP contribution < -0.4 is 10.2 Å². The molecule has 3 heterocycles. The standard InChI is InChI=1S/C19H11ClFN6O/c1-9-25-12-3-5-14(16(21)18(12)26-9)28-13-4-2-10-6-22-19(11-7-23-24-8-11)27-17(10)15(13)20/h2-8H,1H3,(H,25,26). The van der Waals surface area contributed by atoms with Crippen LogP contribution in [-0.2, 0) is 0 Å². The monoisotopic (exact) mass is 393 g/mol. The lowest BCUT2D eigenvalue weighted by Crippen LogP contribution is -1.96. The van der Waals surface area contributed by atoms with Crippen molar-refractivity contribution in [3.63, 3.8) is 0 Å². The number of allylic oxidation sites excluding steroid dienone is 1. The summed E-state index contributed by atoms with van der Waals surface area (Å²) in [6.07, 6.45) is 4.78. The predicted molar refractivity (Wildman–Crippen MR) is 104 cm³/mol. The summed E-state index contributed by atoms with van der Waals surface area (Å²) in [5.74, 6) is 0.849. The highest BCUT2D eigenvalue weighted by Crippen LogP contribution is 2.36. The fourth-order valence-electron chi connectivity index (χ4n) is 2.95. The average molecular weight is 394 g/mol. The van der Waals surface area contributed by atoms with Crippen LogP contribution in [0.15, 0.2) is 41.8 Å². The van der Waals surface area contributed by atoms with Gasteiger partial charge < -0.3 is 9.72 Å². The normalized spacial score (nSPS) is 13.2. The number of benzene rings is 2. The zero-order valence-corrected chi connectivity index (χ0v) is 15.2. The quantitative estimate of drug-likeness (QED) is 0.560. The molecule has 0 atom stereocenters. The van der Waals surface area contributed by atoms with Gasteiger partial charge in [0.1, 0.15) is 22.1 Å². The first-order valence-corrected chi connectivity index (χ1v) is 8.69. The molecule has 0 amide bonds. The van der Waals surface area contributed by atoms with E-state index in [0.717, 1.165) is 5.39 Å². The Hall–Kier alpha value is -3.52. The summed E-state index contributed by atoms with van der Waals surface area (Å²) in [4.78, 5) is 15.9. The van der Waals surface area contributed by atoms with Gasteiger partial charge in [-0.25, -0.2) is 19.3 Å². The van der Waals surface area contributed by atoms with E-state index in [1.807, 2.05) is 0 Å². The number of H-pyrrole nitrogens is 1. The van der Waals surface area contributed by atoms with Crippen molar-refractivity contribution in [2.45, 2.75) is 6.92 Å². The van der Waals surface area contributed by atoms with Gasteiger partial charge in [0, 0.05) is 11.6 Å². The Balaban J connectivity index is 1.58. The first kappa shape index (κ1) is 16.6. The van der Waals surface area contributed by atoms with Gasteiger partial charge in [-0.1, -0.05) is 11.6 Å². The summed E-state index contributed by atoms with van der Waals surface area (Å²) in [7, 11) is 0. The van der Waals surface area contributed by atoms with Crippen LogP contribution in [0.4, 0.5) is 4.39 Å². The number of fused-ring (bicyclic) bond motifs is 2. The molecule has 0 spiro atoms. The number of hydrogen-bond acceptors (Lipinski definition) is 5.